The van der Waals surface area contributed by atoms with E-state index < -0.39 is 48.0 Å². The van der Waals surface area contributed by atoms with Gasteiger partial charge in [-0.05, 0) is 0 Å². The molecular formula is C40H76N2O4Sn2. The molecule has 0 aliphatic rings. The molecule has 6 nitrogen and oxygen atoms in total. The summed E-state index contributed by atoms with van der Waals surface area (Å²) >= 11 is -6.32. The van der Waals surface area contributed by atoms with Gasteiger partial charge in [0.1, 0.15) is 0 Å². The third kappa shape index (κ3) is 15.7. The second-order valence-corrected chi connectivity index (χ2v) is 42.6. The summed E-state index contributed by atoms with van der Waals surface area (Å²) in [4.78, 5) is 27.3. The van der Waals surface area contributed by atoms with Gasteiger partial charge in [0.25, 0.3) is 0 Å². The van der Waals surface area contributed by atoms with E-state index >= 15 is 0 Å². The standard InChI is InChI=1S/C16H22N2O4.6C4H9.2Sn/c1-15(2,3)21-13(19)17-11-7-9-12(10-8-11)18-14(20)22-16(4,5)6;6*1-3-4-2;;/h7,10H,1-6H3,(H,17,19)(H,18,20);6*1,3-4H2,2H3;;. The molecule has 1 aromatic carbocycles. The summed E-state index contributed by atoms with van der Waals surface area (Å²) < 4.78 is 22.1. The number of hydrogen-bond donors (Lipinski definition) is 2. The van der Waals surface area contributed by atoms with Crippen LogP contribution >= 0.6 is 0 Å². The second-order valence-electron chi connectivity index (χ2n) is 16.4. The molecule has 2 N–H and O–H groups in total. The van der Waals surface area contributed by atoms with Crippen LogP contribution in [0.3, 0.4) is 0 Å². The molecule has 0 aliphatic heterocycles. The number of benzene rings is 1. The van der Waals surface area contributed by atoms with E-state index in [-0.39, 0.29) is 12.2 Å². The van der Waals surface area contributed by atoms with Crippen molar-refractivity contribution in [1.29, 1.82) is 0 Å². The molecule has 0 saturated heterocycles. The zero-order valence-electron chi connectivity index (χ0n) is 33.5. The zero-order chi connectivity index (χ0) is 36.4. The average molecular weight is 886 g/mol. The Morgan fingerprint density at radius 2 is 0.729 bits per heavy atom. The van der Waals surface area contributed by atoms with Crippen LogP contribution in [0.1, 0.15) is 160 Å². The van der Waals surface area contributed by atoms with Gasteiger partial charge in [-0.2, -0.15) is 0 Å². The van der Waals surface area contributed by atoms with Gasteiger partial charge in [-0.1, -0.05) is 0 Å². The molecule has 48 heavy (non-hydrogen) atoms. The van der Waals surface area contributed by atoms with Gasteiger partial charge in [0.15, 0.2) is 0 Å². The van der Waals surface area contributed by atoms with Crippen LogP contribution in [-0.2, 0) is 9.47 Å². The Morgan fingerprint density at radius 1 is 0.500 bits per heavy atom. The maximum atomic E-state index is 13.7. The molecule has 0 heterocycles. The van der Waals surface area contributed by atoms with Crippen LogP contribution in [0, 0.1) is 0 Å². The van der Waals surface area contributed by atoms with Crippen LogP contribution < -0.4 is 17.8 Å². The molecular weight excluding hydrogens is 810 g/mol. The van der Waals surface area contributed by atoms with Crippen molar-refractivity contribution in [2.75, 3.05) is 10.6 Å². The molecule has 0 fully saturated rings. The number of unbranched alkanes of at least 4 members (excludes halogenated alkanes) is 6. The van der Waals surface area contributed by atoms with Crippen LogP contribution in [0.4, 0.5) is 21.0 Å². The summed E-state index contributed by atoms with van der Waals surface area (Å²) in [6.45, 7) is 25.4. The first-order chi connectivity index (χ1) is 22.6. The van der Waals surface area contributed by atoms with Crippen molar-refractivity contribution in [3.63, 3.8) is 0 Å². The summed E-state index contributed by atoms with van der Waals surface area (Å²) in [6, 6.07) is 4.77. The van der Waals surface area contributed by atoms with Crippen LogP contribution in [0.15, 0.2) is 12.1 Å². The molecule has 0 atom stereocenters. The minimum atomic E-state index is -3.16. The van der Waals surface area contributed by atoms with Gasteiger partial charge < -0.3 is 0 Å². The van der Waals surface area contributed by atoms with Gasteiger partial charge in [-0.3, -0.25) is 0 Å². The first kappa shape index (κ1) is 45.4. The van der Waals surface area contributed by atoms with Crippen LogP contribution in [0.2, 0.25) is 26.6 Å². The van der Waals surface area contributed by atoms with Crippen molar-refractivity contribution in [3.8, 4) is 0 Å². The molecule has 0 saturated carbocycles. The van der Waals surface area contributed by atoms with Gasteiger partial charge in [-0.25, -0.2) is 0 Å². The van der Waals surface area contributed by atoms with Crippen molar-refractivity contribution >= 4 is 67.5 Å². The second kappa shape index (κ2) is 22.3. The number of ether oxygens (including phenoxy) is 2. The summed E-state index contributed by atoms with van der Waals surface area (Å²) in [5.41, 5.74) is 0.785. The molecule has 0 radical (unpaired) electrons. The molecule has 0 bridgehead atoms. The predicted octanol–water partition coefficient (Wildman–Crippen LogP) is 12.5. The van der Waals surface area contributed by atoms with Crippen molar-refractivity contribution in [2.24, 2.45) is 0 Å². The topological polar surface area (TPSA) is 76.7 Å². The number of rotatable bonds is 22. The van der Waals surface area contributed by atoms with Crippen LogP contribution in [-0.4, -0.2) is 60.1 Å². The van der Waals surface area contributed by atoms with Crippen molar-refractivity contribution in [1.82, 2.24) is 0 Å². The number of amides is 2. The summed E-state index contributed by atoms with van der Waals surface area (Å²) in [5, 5.41) is 6.76. The van der Waals surface area contributed by atoms with Crippen molar-refractivity contribution in [3.05, 3.63) is 12.1 Å². The summed E-state index contributed by atoms with van der Waals surface area (Å²) in [5.74, 6) is 0. The Kier molecular flexibility index (Phi) is 21.1. The Bertz CT molecular complexity index is 965. The number of hydrogen-bond acceptors (Lipinski definition) is 4. The Labute approximate surface area is 305 Å². The molecule has 2 amide bonds. The van der Waals surface area contributed by atoms with E-state index in [0.29, 0.717) is 0 Å². The first-order valence-electron chi connectivity index (χ1n) is 19.7. The van der Waals surface area contributed by atoms with Gasteiger partial charge in [-0.15, -0.1) is 0 Å². The normalized spacial score (nSPS) is 12.6. The van der Waals surface area contributed by atoms with Crippen LogP contribution in [0.5, 0.6) is 0 Å². The monoisotopic (exact) mass is 888 g/mol. The fraction of sp³-hybridized carbons (Fsp3) is 0.800. The molecule has 1 aromatic rings. The van der Waals surface area contributed by atoms with E-state index in [1.165, 1.54) is 72.3 Å². The number of carbonyl (C=O) groups excluding carboxylic acids is 2. The summed E-state index contributed by atoms with van der Waals surface area (Å²) in [6.07, 6.45) is 13.5. The van der Waals surface area contributed by atoms with Crippen molar-refractivity contribution in [2.45, 2.75) is 198 Å². The maximum absolute atomic E-state index is 13.7. The van der Waals surface area contributed by atoms with Crippen LogP contribution in [0.25, 0.3) is 0 Å². The van der Waals surface area contributed by atoms with Gasteiger partial charge in [0, 0.05) is 0 Å². The SMILES string of the molecule is CCC[CH2][Sn]([CH2]CCC)([CH2]CCC)[c]1cc(NC(=O)OC(C)(C)C)[c]([Sn]([CH2]CCC)([CH2]CCC)[CH2]CCC)cc1NC(=O)OC(C)(C)C. The molecule has 0 aliphatic carbocycles. The Morgan fingerprint density at radius 3 is 0.917 bits per heavy atom. The molecule has 1 rings (SSSR count). The molecule has 0 aromatic heterocycles. The quantitative estimate of drug-likeness (QED) is 0.114. The fourth-order valence-corrected chi connectivity index (χ4v) is 40.3. The minimum absolute atomic E-state index is 0.374. The average Bonchev–Trinajstić information content (AvgIpc) is 2.99. The van der Waals surface area contributed by atoms with Gasteiger partial charge in [0.2, 0.25) is 0 Å². The number of anilines is 2. The van der Waals surface area contributed by atoms with Gasteiger partial charge >= 0.3 is 307 Å². The van der Waals surface area contributed by atoms with E-state index in [1.54, 1.807) is 0 Å². The number of carbonyl (C=O) groups is 2. The molecule has 0 unspecified atom stereocenters. The first-order valence-corrected chi connectivity index (χ1v) is 34.7. The third-order valence-corrected chi connectivity index (χ3v) is 41.0. The third-order valence-electron chi connectivity index (χ3n) is 9.62. The Hall–Kier alpha value is -0.643. The van der Waals surface area contributed by atoms with E-state index in [4.69, 9.17) is 9.47 Å². The van der Waals surface area contributed by atoms with E-state index in [0.717, 1.165) is 49.9 Å². The van der Waals surface area contributed by atoms with Gasteiger partial charge in [0.05, 0.1) is 0 Å². The Balaban J connectivity index is 4.37. The molecule has 0 spiro atoms. The van der Waals surface area contributed by atoms with Crippen molar-refractivity contribution < 1.29 is 19.1 Å². The predicted molar refractivity (Wildman–Crippen MR) is 215 cm³/mol. The zero-order valence-corrected chi connectivity index (χ0v) is 39.2. The molecule has 8 heteroatoms. The molecule has 278 valence electrons. The van der Waals surface area contributed by atoms with E-state index in [2.05, 4.69) is 64.3 Å². The summed E-state index contributed by atoms with van der Waals surface area (Å²) in [7, 11) is 0. The number of nitrogens with one attached hydrogen (secondary N) is 2. The fourth-order valence-electron chi connectivity index (χ4n) is 7.16. The van der Waals surface area contributed by atoms with E-state index in [9.17, 15) is 9.59 Å². The van der Waals surface area contributed by atoms with E-state index in [1.807, 2.05) is 41.5 Å².